The molecule has 0 saturated carbocycles. The Bertz CT molecular complexity index is 536. The SMILES string of the molecule is COc1ccc(-c2cc(F)c(F)cc2O)cc1. The maximum atomic E-state index is 13.1. The highest BCUT2D eigenvalue weighted by Crippen LogP contribution is 2.31. The van der Waals surface area contributed by atoms with Gasteiger partial charge in [-0.2, -0.15) is 0 Å². The standard InChI is InChI=1S/C13H10F2O2/c1-17-9-4-2-8(3-5-9)10-6-11(14)12(15)7-13(10)16/h2-7,16H,1H3. The van der Waals surface area contributed by atoms with Gasteiger partial charge in [0.25, 0.3) is 0 Å². The van der Waals surface area contributed by atoms with E-state index in [1.54, 1.807) is 24.3 Å². The lowest BCUT2D eigenvalue weighted by atomic mass is 10.0. The van der Waals surface area contributed by atoms with E-state index in [0.29, 0.717) is 11.3 Å². The molecule has 1 N–H and O–H groups in total. The van der Waals surface area contributed by atoms with E-state index in [0.717, 1.165) is 12.1 Å². The Morgan fingerprint density at radius 3 is 2.18 bits per heavy atom. The summed E-state index contributed by atoms with van der Waals surface area (Å²) in [5.41, 5.74) is 0.828. The maximum Gasteiger partial charge on any atom is 0.162 e. The van der Waals surface area contributed by atoms with Gasteiger partial charge in [0.1, 0.15) is 11.5 Å². The van der Waals surface area contributed by atoms with Gasteiger partial charge in [-0.05, 0) is 23.8 Å². The van der Waals surface area contributed by atoms with Crippen molar-refractivity contribution in [1.82, 2.24) is 0 Å². The second-order valence-electron chi connectivity index (χ2n) is 3.51. The van der Waals surface area contributed by atoms with Crippen LogP contribution in [0.2, 0.25) is 0 Å². The predicted molar refractivity (Wildman–Crippen MR) is 60.0 cm³/mol. The van der Waals surface area contributed by atoms with Gasteiger partial charge in [0.2, 0.25) is 0 Å². The van der Waals surface area contributed by atoms with Gasteiger partial charge in [0, 0.05) is 11.6 Å². The van der Waals surface area contributed by atoms with Crippen molar-refractivity contribution in [1.29, 1.82) is 0 Å². The second-order valence-corrected chi connectivity index (χ2v) is 3.51. The van der Waals surface area contributed by atoms with Crippen LogP contribution >= 0.6 is 0 Å². The number of methoxy groups -OCH3 is 1. The molecule has 0 unspecified atom stereocenters. The molecule has 2 aromatic carbocycles. The fourth-order valence-corrected chi connectivity index (χ4v) is 1.54. The molecule has 2 aromatic rings. The number of hydrogen-bond donors (Lipinski definition) is 1. The average Bonchev–Trinajstić information content (AvgIpc) is 2.34. The normalized spacial score (nSPS) is 10.3. The molecule has 0 aliphatic carbocycles. The van der Waals surface area contributed by atoms with Crippen molar-refractivity contribution < 1.29 is 18.6 Å². The van der Waals surface area contributed by atoms with Crippen molar-refractivity contribution in [2.24, 2.45) is 0 Å². The number of rotatable bonds is 2. The Hall–Kier alpha value is -2.10. The molecule has 0 fully saturated rings. The minimum absolute atomic E-state index is 0.242. The first-order valence-electron chi connectivity index (χ1n) is 4.94. The summed E-state index contributed by atoms with van der Waals surface area (Å²) >= 11 is 0. The molecule has 2 nitrogen and oxygen atoms in total. The summed E-state index contributed by atoms with van der Waals surface area (Å²) in [4.78, 5) is 0. The lowest BCUT2D eigenvalue weighted by molar-refractivity contribution is 0.415. The molecule has 0 amide bonds. The molecule has 0 bridgehead atoms. The monoisotopic (exact) mass is 236 g/mol. The van der Waals surface area contributed by atoms with E-state index < -0.39 is 11.6 Å². The third-order valence-corrected chi connectivity index (χ3v) is 2.44. The molecule has 0 atom stereocenters. The van der Waals surface area contributed by atoms with Gasteiger partial charge in [0.15, 0.2) is 11.6 Å². The maximum absolute atomic E-state index is 13.1. The van der Waals surface area contributed by atoms with Gasteiger partial charge in [-0.25, -0.2) is 8.78 Å². The van der Waals surface area contributed by atoms with Gasteiger partial charge in [-0.1, -0.05) is 12.1 Å². The van der Waals surface area contributed by atoms with Crippen LogP contribution in [0.5, 0.6) is 11.5 Å². The summed E-state index contributed by atoms with van der Waals surface area (Å²) in [5, 5.41) is 9.56. The van der Waals surface area contributed by atoms with Crippen molar-refractivity contribution in [3.05, 3.63) is 48.0 Å². The van der Waals surface area contributed by atoms with Crippen molar-refractivity contribution in [2.75, 3.05) is 7.11 Å². The minimum Gasteiger partial charge on any atom is -0.507 e. The summed E-state index contributed by atoms with van der Waals surface area (Å²) in [6.07, 6.45) is 0. The number of halogens is 2. The molecule has 0 aromatic heterocycles. The molecule has 2 rings (SSSR count). The third-order valence-electron chi connectivity index (χ3n) is 2.44. The molecular weight excluding hydrogens is 226 g/mol. The zero-order valence-electron chi connectivity index (χ0n) is 9.08. The largest absolute Gasteiger partial charge is 0.507 e. The zero-order valence-corrected chi connectivity index (χ0v) is 9.08. The summed E-state index contributed by atoms with van der Waals surface area (Å²) in [7, 11) is 1.53. The quantitative estimate of drug-likeness (QED) is 0.866. The van der Waals surface area contributed by atoms with Crippen LogP contribution in [0.4, 0.5) is 8.78 Å². The lowest BCUT2D eigenvalue weighted by Gasteiger charge is -2.06. The molecule has 0 aliphatic rings. The van der Waals surface area contributed by atoms with Crippen LogP contribution in [0.25, 0.3) is 11.1 Å². The number of ether oxygens (including phenoxy) is 1. The number of phenolic OH excluding ortho intramolecular Hbond substituents is 1. The van der Waals surface area contributed by atoms with Gasteiger partial charge in [-0.3, -0.25) is 0 Å². The smallest absolute Gasteiger partial charge is 0.162 e. The highest BCUT2D eigenvalue weighted by atomic mass is 19.2. The van der Waals surface area contributed by atoms with Gasteiger partial charge in [-0.15, -0.1) is 0 Å². The summed E-state index contributed by atoms with van der Waals surface area (Å²) in [6.45, 7) is 0. The van der Waals surface area contributed by atoms with Gasteiger partial charge < -0.3 is 9.84 Å². The van der Waals surface area contributed by atoms with Crippen LogP contribution in [-0.4, -0.2) is 12.2 Å². The topological polar surface area (TPSA) is 29.5 Å². The summed E-state index contributed by atoms with van der Waals surface area (Å²) in [6, 6.07) is 8.39. The molecule has 0 saturated heterocycles. The first kappa shape index (κ1) is 11.4. The molecule has 0 aliphatic heterocycles. The summed E-state index contributed by atoms with van der Waals surface area (Å²) < 4.78 is 30.9. The number of hydrogen-bond acceptors (Lipinski definition) is 2. The molecule has 0 heterocycles. The van der Waals surface area contributed by atoms with E-state index in [-0.39, 0.29) is 11.3 Å². The van der Waals surface area contributed by atoms with E-state index in [1.807, 2.05) is 0 Å². The Kier molecular flexibility index (Phi) is 2.95. The minimum atomic E-state index is -1.07. The van der Waals surface area contributed by atoms with Gasteiger partial charge in [0.05, 0.1) is 7.11 Å². The Morgan fingerprint density at radius 2 is 1.59 bits per heavy atom. The van der Waals surface area contributed by atoms with E-state index in [9.17, 15) is 13.9 Å². The van der Waals surface area contributed by atoms with E-state index in [2.05, 4.69) is 0 Å². The van der Waals surface area contributed by atoms with Crippen LogP contribution in [0.1, 0.15) is 0 Å². The average molecular weight is 236 g/mol. The first-order chi connectivity index (χ1) is 8.11. The molecular formula is C13H10F2O2. The highest BCUT2D eigenvalue weighted by molar-refractivity contribution is 5.70. The van der Waals surface area contributed by atoms with Crippen LogP contribution in [-0.2, 0) is 0 Å². The predicted octanol–water partition coefficient (Wildman–Crippen LogP) is 3.35. The van der Waals surface area contributed by atoms with Crippen molar-refractivity contribution in [3.63, 3.8) is 0 Å². The van der Waals surface area contributed by atoms with E-state index in [4.69, 9.17) is 4.74 Å². The zero-order chi connectivity index (χ0) is 12.4. The summed E-state index contributed by atoms with van der Waals surface area (Å²) in [5.74, 6) is -1.71. The Morgan fingerprint density at radius 1 is 1.00 bits per heavy atom. The Balaban J connectivity index is 2.48. The lowest BCUT2D eigenvalue weighted by Crippen LogP contribution is -1.88. The van der Waals surface area contributed by atoms with Crippen molar-refractivity contribution >= 4 is 0 Å². The number of phenols is 1. The number of benzene rings is 2. The van der Waals surface area contributed by atoms with E-state index >= 15 is 0 Å². The highest BCUT2D eigenvalue weighted by Gasteiger charge is 2.10. The van der Waals surface area contributed by atoms with Crippen LogP contribution in [0.3, 0.4) is 0 Å². The first-order valence-corrected chi connectivity index (χ1v) is 4.94. The van der Waals surface area contributed by atoms with Crippen molar-refractivity contribution in [3.8, 4) is 22.6 Å². The fourth-order valence-electron chi connectivity index (χ4n) is 1.54. The second kappa shape index (κ2) is 4.41. The van der Waals surface area contributed by atoms with Gasteiger partial charge >= 0.3 is 0 Å². The number of aromatic hydroxyl groups is 1. The van der Waals surface area contributed by atoms with Crippen LogP contribution in [0.15, 0.2) is 36.4 Å². The third kappa shape index (κ3) is 2.20. The van der Waals surface area contributed by atoms with E-state index in [1.165, 1.54) is 7.11 Å². The molecule has 4 heteroatoms. The molecule has 0 radical (unpaired) electrons. The molecule has 17 heavy (non-hydrogen) atoms. The van der Waals surface area contributed by atoms with Crippen LogP contribution in [0, 0.1) is 11.6 Å². The molecule has 88 valence electrons. The fraction of sp³-hybridized carbons (Fsp3) is 0.0769. The molecule has 0 spiro atoms. The van der Waals surface area contributed by atoms with Crippen molar-refractivity contribution in [2.45, 2.75) is 0 Å². The van der Waals surface area contributed by atoms with Crippen LogP contribution < -0.4 is 4.74 Å². The Labute approximate surface area is 97.1 Å².